The van der Waals surface area contributed by atoms with Crippen molar-refractivity contribution in [3.63, 3.8) is 0 Å². The topological polar surface area (TPSA) is 60.4 Å². The molecule has 0 fully saturated rings. The van der Waals surface area contributed by atoms with Crippen molar-refractivity contribution in [3.8, 4) is 5.75 Å². The molecule has 0 spiro atoms. The molecular formula is C14H20O4S. The monoisotopic (exact) mass is 284 g/mol. The van der Waals surface area contributed by atoms with E-state index in [2.05, 4.69) is 0 Å². The van der Waals surface area contributed by atoms with Gasteiger partial charge in [-0.1, -0.05) is 0 Å². The highest BCUT2D eigenvalue weighted by molar-refractivity contribution is 7.92. The zero-order chi connectivity index (χ0) is 15.0. The minimum atomic E-state index is -3.48. The van der Waals surface area contributed by atoms with Crippen LogP contribution in [0.1, 0.15) is 35.3 Å². The van der Waals surface area contributed by atoms with Crippen molar-refractivity contribution in [3.05, 3.63) is 28.8 Å². The Morgan fingerprint density at radius 2 is 1.68 bits per heavy atom. The summed E-state index contributed by atoms with van der Waals surface area (Å²) in [5.74, 6) is 0.296. The van der Waals surface area contributed by atoms with Gasteiger partial charge in [0, 0.05) is 11.8 Å². The summed E-state index contributed by atoms with van der Waals surface area (Å²) in [5.41, 5.74) is 1.94. The first kappa shape index (κ1) is 15.7. The third kappa shape index (κ3) is 2.81. The number of hydrogen-bond acceptors (Lipinski definition) is 4. The van der Waals surface area contributed by atoms with Gasteiger partial charge in [-0.2, -0.15) is 0 Å². The van der Waals surface area contributed by atoms with Gasteiger partial charge < -0.3 is 4.74 Å². The summed E-state index contributed by atoms with van der Waals surface area (Å²) in [6.45, 7) is 6.46. The molecule has 0 bridgehead atoms. The van der Waals surface area contributed by atoms with Crippen LogP contribution in [0.3, 0.4) is 0 Å². The van der Waals surface area contributed by atoms with Gasteiger partial charge in [0.1, 0.15) is 10.5 Å². The molecule has 0 unspecified atom stereocenters. The van der Waals surface area contributed by atoms with Crippen LogP contribution < -0.4 is 4.74 Å². The number of carbonyl (C=O) groups excluding carboxylic acids is 1. The van der Waals surface area contributed by atoms with Gasteiger partial charge >= 0.3 is 0 Å². The fourth-order valence-corrected chi connectivity index (χ4v) is 2.19. The van der Waals surface area contributed by atoms with E-state index in [1.54, 1.807) is 26.2 Å². The van der Waals surface area contributed by atoms with Crippen molar-refractivity contribution in [1.29, 1.82) is 0 Å². The van der Waals surface area contributed by atoms with E-state index in [0.717, 1.165) is 11.8 Å². The van der Waals surface area contributed by atoms with Crippen molar-refractivity contribution in [2.75, 3.05) is 13.4 Å². The Kier molecular flexibility index (Phi) is 4.10. The molecule has 4 nitrogen and oxygen atoms in total. The van der Waals surface area contributed by atoms with Crippen molar-refractivity contribution in [1.82, 2.24) is 0 Å². The molecule has 0 amide bonds. The Labute approximate surface area is 114 Å². The molecule has 0 saturated heterocycles. The summed E-state index contributed by atoms with van der Waals surface area (Å²) in [6, 6.07) is 3.43. The zero-order valence-electron chi connectivity index (χ0n) is 12.2. The molecule has 1 rings (SSSR count). The third-order valence-corrected chi connectivity index (χ3v) is 5.50. The standard InChI is InChI=1S/C14H20O4S/c1-9-8-12(18-5)10(2)7-11(9)13(15)14(3,4)19(6,16)17/h7-8H,1-6H3. The normalized spacial score (nSPS) is 12.3. The van der Waals surface area contributed by atoms with Gasteiger partial charge in [-0.3, -0.25) is 4.79 Å². The second kappa shape index (κ2) is 4.96. The van der Waals surface area contributed by atoms with E-state index in [1.807, 2.05) is 6.92 Å². The number of benzene rings is 1. The highest BCUT2D eigenvalue weighted by Crippen LogP contribution is 2.28. The van der Waals surface area contributed by atoms with E-state index < -0.39 is 20.4 Å². The largest absolute Gasteiger partial charge is 0.496 e. The van der Waals surface area contributed by atoms with Gasteiger partial charge in [0.15, 0.2) is 15.6 Å². The average Bonchev–Trinajstić information content (AvgIpc) is 2.29. The molecule has 106 valence electrons. The molecule has 1 aromatic carbocycles. The minimum absolute atomic E-state index is 0.391. The van der Waals surface area contributed by atoms with Gasteiger partial charge in [-0.05, 0) is 51.0 Å². The Balaban J connectivity index is 3.41. The molecule has 0 radical (unpaired) electrons. The van der Waals surface area contributed by atoms with Gasteiger partial charge in [0.05, 0.1) is 7.11 Å². The highest BCUT2D eigenvalue weighted by Gasteiger charge is 2.39. The second-order valence-corrected chi connectivity index (χ2v) is 7.81. The second-order valence-electron chi connectivity index (χ2n) is 5.25. The van der Waals surface area contributed by atoms with Crippen LogP contribution in [0.2, 0.25) is 0 Å². The number of aryl methyl sites for hydroxylation is 2. The van der Waals surface area contributed by atoms with Crippen molar-refractivity contribution in [2.45, 2.75) is 32.4 Å². The SMILES string of the molecule is COc1cc(C)c(C(=O)C(C)(C)S(C)(=O)=O)cc1C. The first-order valence-corrected chi connectivity index (χ1v) is 7.81. The number of Topliss-reactive ketones (excluding diaryl/α,β-unsaturated/α-hetero) is 1. The fourth-order valence-electron chi connectivity index (χ4n) is 1.75. The zero-order valence-corrected chi connectivity index (χ0v) is 13.0. The molecule has 0 saturated carbocycles. The number of ketones is 1. The van der Waals surface area contributed by atoms with Gasteiger partial charge in [-0.15, -0.1) is 0 Å². The lowest BCUT2D eigenvalue weighted by Gasteiger charge is -2.22. The Morgan fingerprint density at radius 3 is 2.11 bits per heavy atom. The predicted octanol–water partition coefficient (Wildman–Crippen LogP) is 2.32. The molecular weight excluding hydrogens is 264 g/mol. The van der Waals surface area contributed by atoms with Gasteiger partial charge in [0.25, 0.3) is 0 Å². The maximum atomic E-state index is 12.5. The summed E-state index contributed by atoms with van der Waals surface area (Å²) < 4.78 is 27.2. The van der Waals surface area contributed by atoms with Crippen LogP contribution in [-0.4, -0.2) is 32.3 Å². The van der Waals surface area contributed by atoms with Crippen LogP contribution in [0.4, 0.5) is 0 Å². The first-order chi connectivity index (χ1) is 8.52. The number of ether oxygens (including phenoxy) is 1. The summed E-state index contributed by atoms with van der Waals surface area (Å²) in [4.78, 5) is 12.5. The maximum absolute atomic E-state index is 12.5. The quantitative estimate of drug-likeness (QED) is 0.796. The highest BCUT2D eigenvalue weighted by atomic mass is 32.2. The third-order valence-electron chi connectivity index (χ3n) is 3.46. The van der Waals surface area contributed by atoms with Gasteiger partial charge in [-0.25, -0.2) is 8.42 Å². The molecule has 0 aliphatic rings. The molecule has 19 heavy (non-hydrogen) atoms. The van der Waals surface area contributed by atoms with Crippen LogP contribution in [0.15, 0.2) is 12.1 Å². The van der Waals surface area contributed by atoms with Crippen molar-refractivity contribution in [2.24, 2.45) is 0 Å². The summed E-state index contributed by atoms with van der Waals surface area (Å²) in [7, 11) is -1.92. The number of hydrogen-bond donors (Lipinski definition) is 0. The lowest BCUT2D eigenvalue weighted by molar-refractivity contribution is 0.0953. The van der Waals surface area contributed by atoms with Crippen LogP contribution in [0.5, 0.6) is 5.75 Å². The molecule has 0 atom stereocenters. The molecule has 0 heterocycles. The van der Waals surface area contributed by atoms with Crippen LogP contribution >= 0.6 is 0 Å². The van der Waals surface area contributed by atoms with E-state index in [-0.39, 0.29) is 0 Å². The summed E-state index contributed by atoms with van der Waals surface area (Å²) in [6.07, 6.45) is 1.08. The van der Waals surface area contributed by atoms with Crippen molar-refractivity contribution < 1.29 is 17.9 Å². The average molecular weight is 284 g/mol. The van der Waals surface area contributed by atoms with Crippen LogP contribution in [0.25, 0.3) is 0 Å². The van der Waals surface area contributed by atoms with E-state index in [0.29, 0.717) is 16.9 Å². The molecule has 0 aliphatic carbocycles. The van der Waals surface area contributed by atoms with Crippen LogP contribution in [-0.2, 0) is 9.84 Å². The summed E-state index contributed by atoms with van der Waals surface area (Å²) in [5, 5.41) is 0. The maximum Gasteiger partial charge on any atom is 0.183 e. The number of methoxy groups -OCH3 is 1. The molecule has 0 aromatic heterocycles. The van der Waals surface area contributed by atoms with E-state index >= 15 is 0 Å². The Hall–Kier alpha value is -1.36. The first-order valence-electron chi connectivity index (χ1n) is 5.92. The van der Waals surface area contributed by atoms with Crippen molar-refractivity contribution >= 4 is 15.6 Å². The molecule has 0 N–H and O–H groups in total. The fraction of sp³-hybridized carbons (Fsp3) is 0.500. The number of carbonyl (C=O) groups is 1. The Bertz CT molecular complexity index is 613. The minimum Gasteiger partial charge on any atom is -0.496 e. The van der Waals surface area contributed by atoms with E-state index in [9.17, 15) is 13.2 Å². The lowest BCUT2D eigenvalue weighted by Crippen LogP contribution is -2.40. The Morgan fingerprint density at radius 1 is 1.16 bits per heavy atom. The molecule has 1 aromatic rings. The van der Waals surface area contributed by atoms with Crippen LogP contribution in [0, 0.1) is 13.8 Å². The number of rotatable bonds is 4. The lowest BCUT2D eigenvalue weighted by atomic mass is 9.94. The molecule has 0 aliphatic heterocycles. The van der Waals surface area contributed by atoms with Gasteiger partial charge in [0.2, 0.25) is 0 Å². The van der Waals surface area contributed by atoms with E-state index in [4.69, 9.17) is 4.74 Å². The predicted molar refractivity (Wildman–Crippen MR) is 75.7 cm³/mol. The number of sulfone groups is 1. The smallest absolute Gasteiger partial charge is 0.183 e. The van der Waals surface area contributed by atoms with E-state index in [1.165, 1.54) is 13.8 Å². The molecule has 5 heteroatoms. The summed E-state index contributed by atoms with van der Waals surface area (Å²) >= 11 is 0.